The normalized spacial score (nSPS) is 45.9. The monoisotopic (exact) mass is 142 g/mol. The van der Waals surface area contributed by atoms with E-state index in [1.807, 2.05) is 0 Å². The fourth-order valence-corrected chi connectivity index (χ4v) is 2.06. The van der Waals surface area contributed by atoms with Crippen molar-refractivity contribution in [2.75, 3.05) is 19.6 Å². The van der Waals surface area contributed by atoms with E-state index in [0.717, 1.165) is 12.5 Å². The van der Waals surface area contributed by atoms with Gasteiger partial charge in [-0.1, -0.05) is 0 Å². The molecule has 0 aromatic rings. The summed E-state index contributed by atoms with van der Waals surface area (Å²) in [4.78, 5) is 7.31. The van der Waals surface area contributed by atoms with Crippen LogP contribution in [0.25, 0.3) is 0 Å². The standard InChI is InChI=1S/C7H14N2O/c8-10-7-5-9-3-1-6(7)2-4-9/h6-7H,1-5,8H2/t7-/m1/s1. The summed E-state index contributed by atoms with van der Waals surface area (Å²) >= 11 is 0. The Kier molecular flexibility index (Phi) is 1.64. The number of piperidine rings is 3. The van der Waals surface area contributed by atoms with Crippen LogP contribution >= 0.6 is 0 Å². The second kappa shape index (κ2) is 2.49. The van der Waals surface area contributed by atoms with Gasteiger partial charge in [0.15, 0.2) is 0 Å². The van der Waals surface area contributed by atoms with E-state index in [1.54, 1.807) is 0 Å². The summed E-state index contributed by atoms with van der Waals surface area (Å²) in [6.07, 6.45) is 2.88. The Bertz CT molecular complexity index is 121. The second-order valence-electron chi connectivity index (χ2n) is 3.31. The zero-order chi connectivity index (χ0) is 6.97. The fourth-order valence-electron chi connectivity index (χ4n) is 2.06. The van der Waals surface area contributed by atoms with Crippen molar-refractivity contribution >= 4 is 0 Å². The first-order chi connectivity index (χ1) is 4.90. The lowest BCUT2D eigenvalue weighted by molar-refractivity contribution is -0.0710. The van der Waals surface area contributed by atoms with Crippen LogP contribution in [0.5, 0.6) is 0 Å². The van der Waals surface area contributed by atoms with Crippen LogP contribution < -0.4 is 5.90 Å². The van der Waals surface area contributed by atoms with Gasteiger partial charge in [-0.05, 0) is 31.8 Å². The molecule has 58 valence electrons. The Labute approximate surface area is 61.1 Å². The molecule has 0 saturated carbocycles. The van der Waals surface area contributed by atoms with Crippen LogP contribution in [0.4, 0.5) is 0 Å². The van der Waals surface area contributed by atoms with Crippen molar-refractivity contribution in [1.29, 1.82) is 0 Å². The molecule has 3 saturated heterocycles. The molecule has 3 heteroatoms. The lowest BCUT2D eigenvalue weighted by Crippen LogP contribution is -2.52. The van der Waals surface area contributed by atoms with Crippen molar-refractivity contribution in [3.05, 3.63) is 0 Å². The van der Waals surface area contributed by atoms with Crippen molar-refractivity contribution in [2.24, 2.45) is 11.8 Å². The van der Waals surface area contributed by atoms with Gasteiger partial charge in [-0.3, -0.25) is 4.84 Å². The average molecular weight is 142 g/mol. The predicted octanol–water partition coefficient (Wildman–Crippen LogP) is -0.0291. The molecule has 0 radical (unpaired) electrons. The first-order valence-corrected chi connectivity index (χ1v) is 3.98. The highest BCUT2D eigenvalue weighted by molar-refractivity contribution is 4.86. The molecule has 2 bridgehead atoms. The molecule has 3 fully saturated rings. The highest BCUT2D eigenvalue weighted by atomic mass is 16.6. The molecule has 0 spiro atoms. The first kappa shape index (κ1) is 6.58. The van der Waals surface area contributed by atoms with E-state index in [0.29, 0.717) is 6.10 Å². The molecule has 3 aliphatic rings. The summed E-state index contributed by atoms with van der Waals surface area (Å²) in [5, 5.41) is 0. The van der Waals surface area contributed by atoms with Crippen LogP contribution in [-0.4, -0.2) is 30.6 Å². The molecule has 0 unspecified atom stereocenters. The zero-order valence-electron chi connectivity index (χ0n) is 6.12. The van der Waals surface area contributed by atoms with E-state index in [9.17, 15) is 0 Å². The Morgan fingerprint density at radius 3 is 2.30 bits per heavy atom. The maximum atomic E-state index is 5.16. The van der Waals surface area contributed by atoms with Crippen molar-refractivity contribution in [3.63, 3.8) is 0 Å². The Hall–Kier alpha value is -0.120. The number of hydrogen-bond donors (Lipinski definition) is 1. The minimum Gasteiger partial charge on any atom is -0.301 e. The summed E-state index contributed by atoms with van der Waals surface area (Å²) in [6, 6.07) is 0. The van der Waals surface area contributed by atoms with Crippen molar-refractivity contribution in [2.45, 2.75) is 18.9 Å². The number of rotatable bonds is 1. The predicted molar refractivity (Wildman–Crippen MR) is 38.2 cm³/mol. The van der Waals surface area contributed by atoms with Gasteiger partial charge in [0.25, 0.3) is 0 Å². The molecule has 1 atom stereocenters. The molecule has 3 aliphatic heterocycles. The van der Waals surface area contributed by atoms with Crippen LogP contribution in [0.2, 0.25) is 0 Å². The highest BCUT2D eigenvalue weighted by Gasteiger charge is 2.34. The average Bonchev–Trinajstić information content (AvgIpc) is 2.06. The van der Waals surface area contributed by atoms with Crippen LogP contribution in [0.3, 0.4) is 0 Å². The minimum absolute atomic E-state index is 0.322. The Morgan fingerprint density at radius 1 is 1.30 bits per heavy atom. The highest BCUT2D eigenvalue weighted by Crippen LogP contribution is 2.28. The number of nitrogens with two attached hydrogens (primary N) is 1. The molecule has 3 rings (SSSR count). The van der Waals surface area contributed by atoms with E-state index in [2.05, 4.69) is 4.90 Å². The van der Waals surface area contributed by atoms with E-state index in [1.165, 1.54) is 25.9 Å². The van der Waals surface area contributed by atoms with Gasteiger partial charge in [0.1, 0.15) is 0 Å². The van der Waals surface area contributed by atoms with Gasteiger partial charge in [-0.15, -0.1) is 0 Å². The van der Waals surface area contributed by atoms with Crippen LogP contribution in [0.15, 0.2) is 0 Å². The smallest absolute Gasteiger partial charge is 0.0942 e. The van der Waals surface area contributed by atoms with E-state index < -0.39 is 0 Å². The topological polar surface area (TPSA) is 38.5 Å². The maximum Gasteiger partial charge on any atom is 0.0942 e. The van der Waals surface area contributed by atoms with Gasteiger partial charge in [-0.2, -0.15) is 0 Å². The molecular weight excluding hydrogens is 128 g/mol. The van der Waals surface area contributed by atoms with Crippen molar-refractivity contribution in [3.8, 4) is 0 Å². The molecule has 10 heavy (non-hydrogen) atoms. The Morgan fingerprint density at radius 2 is 2.00 bits per heavy atom. The molecule has 3 nitrogen and oxygen atoms in total. The quantitative estimate of drug-likeness (QED) is 0.522. The molecule has 0 aromatic heterocycles. The van der Waals surface area contributed by atoms with Gasteiger partial charge in [0.2, 0.25) is 0 Å². The SMILES string of the molecule is NO[C@@H]1CN2CCC1CC2. The van der Waals surface area contributed by atoms with E-state index >= 15 is 0 Å². The van der Waals surface area contributed by atoms with Crippen LogP contribution in [0, 0.1) is 5.92 Å². The van der Waals surface area contributed by atoms with E-state index in [-0.39, 0.29) is 0 Å². The molecule has 0 aliphatic carbocycles. The first-order valence-electron chi connectivity index (χ1n) is 3.98. The largest absolute Gasteiger partial charge is 0.301 e. The molecule has 2 N–H and O–H groups in total. The molecule has 3 heterocycles. The summed E-state index contributed by atoms with van der Waals surface area (Å²) in [7, 11) is 0. The molecule has 0 amide bonds. The van der Waals surface area contributed by atoms with Gasteiger partial charge >= 0.3 is 0 Å². The summed E-state index contributed by atoms with van der Waals surface area (Å²) in [5.74, 6) is 5.91. The number of fused-ring (bicyclic) bond motifs is 3. The van der Waals surface area contributed by atoms with Crippen LogP contribution in [0.1, 0.15) is 12.8 Å². The lowest BCUT2D eigenvalue weighted by atomic mass is 9.86. The molecular formula is C7H14N2O. The van der Waals surface area contributed by atoms with Gasteiger partial charge < -0.3 is 4.90 Å². The zero-order valence-corrected chi connectivity index (χ0v) is 6.12. The lowest BCUT2D eigenvalue weighted by Gasteiger charge is -2.43. The maximum absolute atomic E-state index is 5.16. The van der Waals surface area contributed by atoms with Crippen LogP contribution in [-0.2, 0) is 4.84 Å². The van der Waals surface area contributed by atoms with E-state index in [4.69, 9.17) is 10.7 Å². The third-order valence-electron chi connectivity index (χ3n) is 2.77. The summed E-state index contributed by atoms with van der Waals surface area (Å²) in [5.41, 5.74) is 0. The fraction of sp³-hybridized carbons (Fsp3) is 1.00. The molecule has 0 aromatic carbocycles. The van der Waals surface area contributed by atoms with Gasteiger partial charge in [0, 0.05) is 6.54 Å². The third kappa shape index (κ3) is 0.944. The van der Waals surface area contributed by atoms with Crippen molar-refractivity contribution < 1.29 is 4.84 Å². The summed E-state index contributed by atoms with van der Waals surface area (Å²) < 4.78 is 0. The van der Waals surface area contributed by atoms with Crippen molar-refractivity contribution in [1.82, 2.24) is 4.90 Å². The number of hydrogen-bond acceptors (Lipinski definition) is 3. The third-order valence-corrected chi connectivity index (χ3v) is 2.77. The van der Waals surface area contributed by atoms with Gasteiger partial charge in [-0.25, -0.2) is 5.90 Å². The summed E-state index contributed by atoms with van der Waals surface area (Å²) in [6.45, 7) is 3.57. The second-order valence-corrected chi connectivity index (χ2v) is 3.31. The van der Waals surface area contributed by atoms with Gasteiger partial charge in [0.05, 0.1) is 6.10 Å². The minimum atomic E-state index is 0.322. The Balaban J connectivity index is 2.01. The number of nitrogens with zero attached hydrogens (tertiary/aromatic N) is 1.